The average Bonchev–Trinajstić information content (AvgIpc) is 3.09. The Bertz CT molecular complexity index is 1310. The molecule has 3 aromatic carbocycles. The maximum absolute atomic E-state index is 4.83. The molecule has 5 aromatic rings. The maximum Gasteiger partial charge on any atom is 0.164 e. The minimum Gasteiger partial charge on any atom is -0.216 e. The van der Waals surface area contributed by atoms with Crippen LogP contribution >= 0.6 is 33.9 Å². The number of rotatable bonds is 2. The van der Waals surface area contributed by atoms with Crippen LogP contribution in [0.5, 0.6) is 0 Å². The topological polar surface area (TPSA) is 38.7 Å². The average molecular weight is 479 g/mol. The van der Waals surface area contributed by atoms with E-state index in [1.807, 2.05) is 6.07 Å². The molecule has 0 radical (unpaired) electrons. The van der Waals surface area contributed by atoms with Gasteiger partial charge < -0.3 is 0 Å². The molecular weight excluding hydrogens is 465 g/mol. The largest absolute Gasteiger partial charge is 0.216 e. The van der Waals surface area contributed by atoms with Crippen molar-refractivity contribution in [3.63, 3.8) is 0 Å². The van der Waals surface area contributed by atoms with Crippen molar-refractivity contribution in [1.29, 1.82) is 0 Å². The number of fused-ring (bicyclic) bond motifs is 3. The molecule has 0 atom stereocenters. The fraction of sp³-hybridized carbons (Fsp3) is 0.0455. The summed E-state index contributed by atoms with van der Waals surface area (Å²) in [5.74, 6) is 1.43. The highest BCUT2D eigenvalue weighted by Crippen LogP contribution is 2.39. The van der Waals surface area contributed by atoms with Crippen LogP contribution in [0.15, 0.2) is 67.0 Å². The lowest BCUT2D eigenvalue weighted by Gasteiger charge is -2.08. The first-order chi connectivity index (χ1) is 13.2. The van der Waals surface area contributed by atoms with Crippen molar-refractivity contribution in [2.75, 3.05) is 0 Å². The van der Waals surface area contributed by atoms with Gasteiger partial charge in [-0.3, -0.25) is 0 Å². The number of nitrogens with zero attached hydrogens (tertiary/aromatic N) is 3. The molecular formula is C22H14IN3S. The molecule has 0 saturated carbocycles. The molecule has 0 saturated heterocycles. The third kappa shape index (κ3) is 2.82. The summed E-state index contributed by atoms with van der Waals surface area (Å²) in [4.78, 5) is 13.8. The van der Waals surface area contributed by atoms with Crippen molar-refractivity contribution in [3.8, 4) is 22.8 Å². The third-order valence-electron chi connectivity index (χ3n) is 4.72. The summed E-state index contributed by atoms with van der Waals surface area (Å²) in [6, 6.07) is 21.0. The number of halogens is 1. The summed E-state index contributed by atoms with van der Waals surface area (Å²) < 4.78 is 3.74. The van der Waals surface area contributed by atoms with E-state index in [-0.39, 0.29) is 0 Å². The van der Waals surface area contributed by atoms with Crippen LogP contribution in [-0.4, -0.2) is 15.0 Å². The molecule has 0 aliphatic rings. The second-order valence-corrected chi connectivity index (χ2v) is 8.57. The Labute approximate surface area is 174 Å². The monoisotopic (exact) mass is 479 g/mol. The number of aromatic nitrogens is 3. The van der Waals surface area contributed by atoms with E-state index in [9.17, 15) is 0 Å². The van der Waals surface area contributed by atoms with E-state index in [0.29, 0.717) is 11.6 Å². The predicted octanol–water partition coefficient (Wildman–Crippen LogP) is 6.49. The van der Waals surface area contributed by atoms with Gasteiger partial charge in [0.25, 0.3) is 0 Å². The van der Waals surface area contributed by atoms with Crippen LogP contribution in [0.3, 0.4) is 0 Å². The van der Waals surface area contributed by atoms with E-state index in [0.717, 1.165) is 11.1 Å². The molecule has 0 aliphatic carbocycles. The van der Waals surface area contributed by atoms with Gasteiger partial charge in [-0.2, -0.15) is 0 Å². The van der Waals surface area contributed by atoms with Crippen LogP contribution in [-0.2, 0) is 0 Å². The normalized spacial score (nSPS) is 11.3. The zero-order chi connectivity index (χ0) is 18.4. The van der Waals surface area contributed by atoms with Gasteiger partial charge in [0.05, 0.1) is 0 Å². The van der Waals surface area contributed by atoms with Gasteiger partial charge in [-0.05, 0) is 53.3 Å². The lowest BCUT2D eigenvalue weighted by atomic mass is 10.1. The van der Waals surface area contributed by atoms with E-state index in [4.69, 9.17) is 4.98 Å². The molecule has 5 heteroatoms. The molecule has 0 amide bonds. The predicted molar refractivity (Wildman–Crippen MR) is 121 cm³/mol. The van der Waals surface area contributed by atoms with Crippen LogP contribution in [0.4, 0.5) is 0 Å². The van der Waals surface area contributed by atoms with Gasteiger partial charge in [-0.1, -0.05) is 42.5 Å². The highest BCUT2D eigenvalue weighted by molar-refractivity contribution is 14.1. The molecule has 0 aliphatic heterocycles. The molecule has 0 N–H and O–H groups in total. The molecule has 0 bridgehead atoms. The minimum absolute atomic E-state index is 0.715. The van der Waals surface area contributed by atoms with Crippen molar-refractivity contribution in [2.45, 2.75) is 6.92 Å². The fourth-order valence-corrected chi connectivity index (χ4v) is 5.00. The van der Waals surface area contributed by atoms with Crippen molar-refractivity contribution in [3.05, 3.63) is 76.1 Å². The standard InChI is InChI=1S/C22H14IN3S/c1-13-14(7-4-9-17(13)23)21-24-12-25-22(26-21)16-8-5-11-19-20(16)15-6-2-3-10-18(15)27-19/h2-12H,1H3. The van der Waals surface area contributed by atoms with Crippen molar-refractivity contribution in [1.82, 2.24) is 15.0 Å². The quantitative estimate of drug-likeness (QED) is 0.272. The number of thiophene rings is 1. The molecule has 27 heavy (non-hydrogen) atoms. The summed E-state index contributed by atoms with van der Waals surface area (Å²) in [6.07, 6.45) is 1.62. The highest BCUT2D eigenvalue weighted by atomic mass is 127. The van der Waals surface area contributed by atoms with Gasteiger partial charge in [-0.15, -0.1) is 11.3 Å². The number of hydrogen-bond acceptors (Lipinski definition) is 4. The van der Waals surface area contributed by atoms with E-state index in [2.05, 4.69) is 94.1 Å². The van der Waals surface area contributed by atoms with E-state index < -0.39 is 0 Å². The Morgan fingerprint density at radius 2 is 1.48 bits per heavy atom. The zero-order valence-corrected chi connectivity index (χ0v) is 17.5. The second-order valence-electron chi connectivity index (χ2n) is 6.32. The van der Waals surface area contributed by atoms with Crippen LogP contribution in [0.25, 0.3) is 42.9 Å². The summed E-state index contributed by atoms with van der Waals surface area (Å²) in [5.41, 5.74) is 3.29. The van der Waals surface area contributed by atoms with Crippen LogP contribution in [0.2, 0.25) is 0 Å². The number of benzene rings is 3. The van der Waals surface area contributed by atoms with E-state index >= 15 is 0 Å². The fourth-order valence-electron chi connectivity index (χ4n) is 3.37. The Hall–Kier alpha value is -2.38. The maximum atomic E-state index is 4.83. The summed E-state index contributed by atoms with van der Waals surface area (Å²) in [7, 11) is 0. The van der Waals surface area contributed by atoms with Gasteiger partial charge in [0, 0.05) is 34.9 Å². The van der Waals surface area contributed by atoms with Crippen LogP contribution in [0.1, 0.15) is 5.56 Å². The Morgan fingerprint density at radius 1 is 0.778 bits per heavy atom. The molecule has 3 nitrogen and oxygen atoms in total. The summed E-state index contributed by atoms with van der Waals surface area (Å²) in [5, 5.41) is 2.47. The summed E-state index contributed by atoms with van der Waals surface area (Å²) >= 11 is 4.15. The van der Waals surface area contributed by atoms with Crippen molar-refractivity contribution >= 4 is 54.1 Å². The molecule has 2 aromatic heterocycles. The van der Waals surface area contributed by atoms with Gasteiger partial charge in [0.1, 0.15) is 6.33 Å². The van der Waals surface area contributed by atoms with Crippen molar-refractivity contribution in [2.24, 2.45) is 0 Å². The lowest BCUT2D eigenvalue weighted by molar-refractivity contribution is 1.06. The van der Waals surface area contributed by atoms with Gasteiger partial charge >= 0.3 is 0 Å². The third-order valence-corrected chi connectivity index (χ3v) is 7.03. The lowest BCUT2D eigenvalue weighted by Crippen LogP contribution is -1.97. The SMILES string of the molecule is Cc1c(I)cccc1-c1ncnc(-c2cccc3sc4ccccc4c23)n1. The van der Waals surface area contributed by atoms with Crippen molar-refractivity contribution < 1.29 is 0 Å². The molecule has 0 fully saturated rings. The molecule has 0 unspecified atom stereocenters. The van der Waals surface area contributed by atoms with E-state index in [1.54, 1.807) is 17.7 Å². The first-order valence-electron chi connectivity index (χ1n) is 8.57. The van der Waals surface area contributed by atoms with Crippen LogP contribution in [0, 0.1) is 10.5 Å². The summed E-state index contributed by atoms with van der Waals surface area (Å²) in [6.45, 7) is 2.10. The first-order valence-corrected chi connectivity index (χ1v) is 10.5. The second kappa shape index (κ2) is 6.65. The molecule has 5 rings (SSSR count). The molecule has 130 valence electrons. The Kier molecular flexibility index (Phi) is 4.13. The highest BCUT2D eigenvalue weighted by Gasteiger charge is 2.14. The van der Waals surface area contributed by atoms with Crippen LogP contribution < -0.4 is 0 Å². The van der Waals surface area contributed by atoms with E-state index in [1.165, 1.54) is 29.3 Å². The van der Waals surface area contributed by atoms with Gasteiger partial charge in [0.2, 0.25) is 0 Å². The Balaban J connectivity index is 1.76. The Morgan fingerprint density at radius 3 is 2.37 bits per heavy atom. The molecule has 0 spiro atoms. The first kappa shape index (κ1) is 16.8. The molecule has 2 heterocycles. The minimum atomic E-state index is 0.715. The smallest absolute Gasteiger partial charge is 0.164 e. The number of hydrogen-bond donors (Lipinski definition) is 0. The van der Waals surface area contributed by atoms with Gasteiger partial charge in [0.15, 0.2) is 11.6 Å². The van der Waals surface area contributed by atoms with Gasteiger partial charge in [-0.25, -0.2) is 15.0 Å². The zero-order valence-electron chi connectivity index (χ0n) is 14.5.